The van der Waals surface area contributed by atoms with Crippen LogP contribution in [0.4, 0.5) is 11.4 Å². The molecule has 8 aromatic heterocycles. The number of hydrogen-bond acceptors (Lipinski definition) is 18. The van der Waals surface area contributed by atoms with Gasteiger partial charge in [-0.1, -0.05) is 36.4 Å². The van der Waals surface area contributed by atoms with Gasteiger partial charge in [-0.05, 0) is 180 Å². The maximum atomic E-state index is 11.6. The molecule has 634 valence electrons. The van der Waals surface area contributed by atoms with Crippen LogP contribution < -0.4 is 44.8 Å². The summed E-state index contributed by atoms with van der Waals surface area (Å²) < 4.78 is 50.3. The summed E-state index contributed by atoms with van der Waals surface area (Å²) in [6.45, 7) is 16.0. The Morgan fingerprint density at radius 2 is 0.913 bits per heavy atom. The summed E-state index contributed by atoms with van der Waals surface area (Å²) in [6.07, 6.45) is 0. The molecule has 0 aliphatic carbocycles. The number of ether oxygens (including phenoxy) is 6. The number of anilines is 2. The van der Waals surface area contributed by atoms with Gasteiger partial charge in [0.05, 0.1) is 141 Å². The van der Waals surface area contributed by atoms with Crippen LogP contribution in [-0.2, 0) is 42.3 Å². The van der Waals surface area contributed by atoms with Crippen molar-refractivity contribution in [1.29, 1.82) is 26.3 Å². The molecule has 10 aromatic carbocycles. The fourth-order valence-corrected chi connectivity index (χ4v) is 19.0. The number of aromatic nitrogens is 6. The van der Waals surface area contributed by atoms with Gasteiger partial charge in [0, 0.05) is 132 Å². The number of amides is 2. The van der Waals surface area contributed by atoms with Crippen molar-refractivity contribution in [2.75, 3.05) is 58.7 Å². The van der Waals surface area contributed by atoms with Crippen molar-refractivity contribution < 1.29 is 47.5 Å². The van der Waals surface area contributed by atoms with E-state index in [1.807, 2.05) is 147 Å². The van der Waals surface area contributed by atoms with Crippen molar-refractivity contribution in [3.8, 4) is 126 Å². The predicted octanol–water partition coefficient (Wildman–Crippen LogP) is 22.4. The number of fused-ring (bicyclic) bond motifs is 10. The number of aromatic hydroxyl groups is 1. The van der Waals surface area contributed by atoms with E-state index in [1.165, 1.54) is 31.8 Å². The number of hydrogen-bond donors (Lipinski definition) is 4. The Morgan fingerprint density at radius 1 is 0.488 bits per heavy atom. The van der Waals surface area contributed by atoms with E-state index in [1.54, 1.807) is 76.4 Å². The molecule has 0 saturated heterocycles. The molecular formula is C100H84ClN13O11S2. The van der Waals surface area contributed by atoms with Gasteiger partial charge in [0.1, 0.15) is 76.5 Å². The van der Waals surface area contributed by atoms with Crippen molar-refractivity contribution in [2.45, 2.75) is 74.3 Å². The lowest BCUT2D eigenvalue weighted by Gasteiger charge is -2.19. The van der Waals surface area contributed by atoms with E-state index in [2.05, 4.69) is 139 Å². The molecule has 4 N–H and O–H groups in total. The van der Waals surface area contributed by atoms with Gasteiger partial charge < -0.3 is 71.4 Å². The Bertz CT molecular complexity index is 7680. The lowest BCUT2D eigenvalue weighted by atomic mass is 10.0. The van der Waals surface area contributed by atoms with E-state index in [-0.39, 0.29) is 29.8 Å². The van der Waals surface area contributed by atoms with Crippen LogP contribution in [0.25, 0.3) is 141 Å². The quantitative estimate of drug-likeness (QED) is 0.0486. The number of oxazole rings is 1. The number of methoxy groups -OCH3 is 5. The zero-order valence-corrected chi connectivity index (χ0v) is 73.6. The highest BCUT2D eigenvalue weighted by molar-refractivity contribution is 7.26. The molecule has 0 atom stereocenters. The van der Waals surface area contributed by atoms with Crippen LogP contribution in [-0.4, -0.2) is 92.8 Å². The van der Waals surface area contributed by atoms with Gasteiger partial charge in [0.25, 0.3) is 5.91 Å². The second-order valence-electron chi connectivity index (χ2n) is 29.3. The third-order valence-corrected chi connectivity index (χ3v) is 24.9. The average molecular weight is 1740 g/mol. The van der Waals surface area contributed by atoms with Crippen LogP contribution in [0.5, 0.6) is 40.2 Å². The Kier molecular flexibility index (Phi) is 25.3. The fourth-order valence-electron chi connectivity index (χ4n) is 16.7. The lowest BCUT2D eigenvalue weighted by Crippen LogP contribution is -2.25. The zero-order chi connectivity index (χ0) is 89.6. The molecule has 0 bridgehead atoms. The number of benzene rings is 10. The first kappa shape index (κ1) is 86.3. The number of aryl methyl sites for hydroxylation is 6. The minimum atomic E-state index is -0.492. The topological polar surface area (TPSA) is 323 Å². The van der Waals surface area contributed by atoms with E-state index in [9.17, 15) is 45.8 Å². The van der Waals surface area contributed by atoms with Crippen LogP contribution in [0.15, 0.2) is 209 Å². The minimum absolute atomic E-state index is 0.0187. The molecule has 0 spiro atoms. The van der Waals surface area contributed by atoms with Crippen LogP contribution >= 0.6 is 34.3 Å². The second kappa shape index (κ2) is 37.2. The molecule has 127 heavy (non-hydrogen) atoms. The number of nitrogens with zero attached hydrogens (tertiary/aromatic N) is 10. The fraction of sp³-hybridized carbons (Fsp3) is 0.180. The number of carbonyl (C=O) groups is 2. The first-order valence-electron chi connectivity index (χ1n) is 40.7. The van der Waals surface area contributed by atoms with Gasteiger partial charge in [-0.3, -0.25) is 14.6 Å². The summed E-state index contributed by atoms with van der Waals surface area (Å²) >= 11 is 9.01. The molecule has 0 saturated carbocycles. The number of aromatic amines is 1. The summed E-state index contributed by atoms with van der Waals surface area (Å²) in [7, 11) is 8.17. The number of phenolic OH excluding ortho intramolecular Hbond substituents is 1. The van der Waals surface area contributed by atoms with Crippen LogP contribution in [0.3, 0.4) is 0 Å². The first-order chi connectivity index (χ1) is 61.8. The molecule has 27 heteroatoms. The smallest absolute Gasteiger partial charge is 0.417 e. The minimum Gasteiger partial charge on any atom is -0.506 e. The Hall–Kier alpha value is -15.6. The molecule has 1 aliphatic rings. The van der Waals surface area contributed by atoms with E-state index in [0.29, 0.717) is 75.9 Å². The number of alkyl halides is 1. The molecule has 0 radical (unpaired) electrons. The summed E-state index contributed by atoms with van der Waals surface area (Å²) in [5.41, 5.74) is 19.1. The molecular weight excluding hydrogens is 1660 g/mol. The van der Waals surface area contributed by atoms with Crippen molar-refractivity contribution in [2.24, 2.45) is 0 Å². The van der Waals surface area contributed by atoms with Crippen molar-refractivity contribution in [3.63, 3.8) is 0 Å². The molecule has 24 nitrogen and oxygen atoms in total. The second-order valence-corrected chi connectivity index (χ2v) is 31.5. The summed E-state index contributed by atoms with van der Waals surface area (Å²) in [5.74, 6) is 3.04. The van der Waals surface area contributed by atoms with Gasteiger partial charge >= 0.3 is 5.76 Å². The van der Waals surface area contributed by atoms with Crippen LogP contribution in [0.2, 0.25) is 0 Å². The van der Waals surface area contributed by atoms with Crippen molar-refractivity contribution in [3.05, 3.63) is 243 Å². The van der Waals surface area contributed by atoms with E-state index >= 15 is 0 Å². The van der Waals surface area contributed by atoms with Gasteiger partial charge in [-0.15, -0.1) is 34.3 Å². The number of H-pyrrole nitrogens is 1. The molecule has 9 heterocycles. The van der Waals surface area contributed by atoms with E-state index in [0.717, 1.165) is 146 Å². The lowest BCUT2D eigenvalue weighted by molar-refractivity contribution is -0.118. The molecule has 2 amide bonds. The SMILES string of the molecule is CCn1c(-c2cc(C)cs2)c(C#N)c2ccc(OC)cc21.CCn1c(-c2ccc(O)c(NC(=O)CCl)c2)c(C#N)c2ccc(OC)cc21.CCn1c(-c2ccc3c(c2)NC(=O)CO3)c(C#N)c2ccc(OC)cc21.CCn1c(-c2ccc3oc(=O)[nH]c3c2)c(C#N)c2ccc(OC)cc21.CCn1c(-c2cccc3c2sc2ccccc23)c(C#N)c2ccc(OC)cc21. The third kappa shape index (κ3) is 16.1. The molecule has 19 rings (SSSR count). The largest absolute Gasteiger partial charge is 0.506 e. The van der Waals surface area contributed by atoms with Crippen LogP contribution in [0.1, 0.15) is 68.0 Å². The number of nitrogens with one attached hydrogen (secondary N) is 3. The van der Waals surface area contributed by atoms with E-state index in [4.69, 9.17) is 44.4 Å². The summed E-state index contributed by atoms with van der Waals surface area (Å²) in [6, 6.07) is 73.5. The highest BCUT2D eigenvalue weighted by atomic mass is 35.5. The highest BCUT2D eigenvalue weighted by Gasteiger charge is 2.28. The maximum absolute atomic E-state index is 11.6. The number of thiophene rings is 2. The van der Waals surface area contributed by atoms with Gasteiger partial charge in [0.2, 0.25) is 5.91 Å². The standard InChI is InChI=1S/C24H18N2OS.C20H18ClN3O3.C20H17N3O3.C19H15N3O3.C17H16N2OS/c1-3-26-21-13-15(27-2)11-12-16(21)20(14-25)23(26)19-9-6-8-18-17-7-4-5-10-22(17)28-24(18)19;1-3-24-17-9-13(27-2)5-6-14(17)15(11-22)20(24)12-4-7-18(25)16(8-12)23-19(26)10-21;1-3-23-17-9-13(25-2)5-6-14(17)15(10-21)20(23)12-4-7-18-16(8-12)22-19(24)11-26-18;1-3-22-16-9-12(24-2)5-6-13(16)14(10-20)18(22)11-4-7-17-15(8-11)21-19(23)25-17;1-4-19-15-8-12(20-3)5-6-13(15)14(9-18)17(19)16-7-11(2)10-21-16/h4-13H,3H2,1-2H3;4-9,25H,3,10H2,1-2H3,(H,23,26);4-9H,3,11H2,1-2H3,(H,22,24);4-9H,3H2,1-2H3,(H,21,23);5-8,10H,4H2,1-3H3. The van der Waals surface area contributed by atoms with Gasteiger partial charge in [-0.25, -0.2) is 4.79 Å². The monoisotopic (exact) mass is 1740 g/mol. The number of rotatable bonds is 17. The molecule has 0 fully saturated rings. The van der Waals surface area contributed by atoms with Crippen LogP contribution in [0, 0.1) is 63.6 Å². The number of nitriles is 5. The molecule has 1 aliphatic heterocycles. The highest BCUT2D eigenvalue weighted by Crippen LogP contribution is 2.47. The van der Waals surface area contributed by atoms with Crippen molar-refractivity contribution in [1.82, 2.24) is 27.8 Å². The Balaban J connectivity index is 0.000000123. The summed E-state index contributed by atoms with van der Waals surface area (Å²) in [5, 5.41) is 73.6. The normalized spacial score (nSPS) is 11.3. The zero-order valence-electron chi connectivity index (χ0n) is 71.2. The number of halogens is 1. The average Bonchev–Trinajstić information content (AvgIpc) is 1.59. The number of carbonyl (C=O) groups excluding carboxylic acids is 2. The van der Waals surface area contributed by atoms with Crippen molar-refractivity contribution >= 4 is 143 Å². The third-order valence-electron chi connectivity index (χ3n) is 22.4. The molecule has 0 unspecified atom stereocenters. The predicted molar refractivity (Wildman–Crippen MR) is 503 cm³/mol. The summed E-state index contributed by atoms with van der Waals surface area (Å²) in [4.78, 5) is 38.4. The van der Waals surface area contributed by atoms with Gasteiger partial charge in [-0.2, -0.15) is 26.3 Å². The first-order valence-corrected chi connectivity index (χ1v) is 42.9. The Labute approximate surface area is 742 Å². The van der Waals surface area contributed by atoms with Gasteiger partial charge in [0.15, 0.2) is 12.2 Å². The Morgan fingerprint density at radius 3 is 1.37 bits per heavy atom. The van der Waals surface area contributed by atoms with E-state index < -0.39 is 11.7 Å². The maximum Gasteiger partial charge on any atom is 0.417 e. The molecule has 18 aromatic rings. The number of phenols is 1.